The van der Waals surface area contributed by atoms with Crippen molar-refractivity contribution in [3.63, 3.8) is 0 Å². The molecule has 0 unspecified atom stereocenters. The molecule has 0 radical (unpaired) electrons. The molecule has 0 heterocycles. The second-order valence-corrected chi connectivity index (χ2v) is 3.12. The van der Waals surface area contributed by atoms with Gasteiger partial charge in [-0.15, -0.1) is 0 Å². The molecule has 86 valence electrons. The first kappa shape index (κ1) is 12.1. The Balaban J connectivity index is 2.23. The van der Waals surface area contributed by atoms with Crippen LogP contribution in [-0.2, 0) is 11.3 Å². The molecule has 1 rings (SSSR count). The lowest BCUT2D eigenvalue weighted by Gasteiger charge is -2.09. The van der Waals surface area contributed by atoms with Gasteiger partial charge in [-0.2, -0.15) is 0 Å². The van der Waals surface area contributed by atoms with E-state index in [1.54, 1.807) is 0 Å². The van der Waals surface area contributed by atoms with Crippen LogP contribution in [0.1, 0.15) is 5.56 Å². The average Bonchev–Trinajstić information content (AvgIpc) is 2.34. The highest BCUT2D eigenvalue weighted by molar-refractivity contribution is 5.66. The number of nitrogens with two attached hydrogens (primary N) is 1. The van der Waals surface area contributed by atoms with Gasteiger partial charge >= 0.3 is 6.09 Å². The van der Waals surface area contributed by atoms with Gasteiger partial charge in [0.1, 0.15) is 6.61 Å². The standard InChI is InChI=1S/C11H15N3O2/c1-9(7-12)13-14-11(15)16-8-10-5-3-2-4-6-10/h2-6,13H,1,7-8,12H2,(H,14,15). The first-order valence-corrected chi connectivity index (χ1v) is 4.83. The number of nitrogens with one attached hydrogen (secondary N) is 2. The van der Waals surface area contributed by atoms with Crippen LogP contribution in [0.2, 0.25) is 0 Å². The Kier molecular flexibility index (Phi) is 4.88. The zero-order valence-corrected chi connectivity index (χ0v) is 8.90. The monoisotopic (exact) mass is 221 g/mol. The molecule has 0 aliphatic heterocycles. The zero-order valence-electron chi connectivity index (χ0n) is 8.90. The van der Waals surface area contributed by atoms with Crippen LogP contribution in [0.5, 0.6) is 0 Å². The normalized spacial score (nSPS) is 9.31. The number of benzene rings is 1. The Morgan fingerprint density at radius 3 is 2.62 bits per heavy atom. The smallest absolute Gasteiger partial charge is 0.426 e. The minimum Gasteiger partial charge on any atom is -0.443 e. The van der Waals surface area contributed by atoms with Crippen molar-refractivity contribution in [1.82, 2.24) is 10.9 Å². The lowest BCUT2D eigenvalue weighted by Crippen LogP contribution is -2.38. The van der Waals surface area contributed by atoms with Crippen molar-refractivity contribution >= 4 is 6.09 Å². The van der Waals surface area contributed by atoms with Crippen LogP contribution in [0, 0.1) is 0 Å². The maximum Gasteiger partial charge on any atom is 0.426 e. The van der Waals surface area contributed by atoms with Crippen molar-refractivity contribution in [3.05, 3.63) is 48.2 Å². The van der Waals surface area contributed by atoms with E-state index in [0.29, 0.717) is 5.70 Å². The third kappa shape index (κ3) is 4.47. The van der Waals surface area contributed by atoms with Crippen molar-refractivity contribution in [2.24, 2.45) is 5.73 Å². The van der Waals surface area contributed by atoms with Crippen molar-refractivity contribution in [1.29, 1.82) is 0 Å². The molecule has 5 nitrogen and oxygen atoms in total. The Morgan fingerprint density at radius 2 is 2.00 bits per heavy atom. The molecular formula is C11H15N3O2. The van der Waals surface area contributed by atoms with E-state index >= 15 is 0 Å². The van der Waals surface area contributed by atoms with E-state index in [9.17, 15) is 4.79 Å². The number of amides is 1. The molecule has 1 aromatic rings. The Morgan fingerprint density at radius 1 is 1.31 bits per heavy atom. The van der Waals surface area contributed by atoms with Crippen LogP contribution in [0.3, 0.4) is 0 Å². The highest BCUT2D eigenvalue weighted by Gasteiger charge is 2.01. The molecule has 1 aromatic carbocycles. The van der Waals surface area contributed by atoms with Gasteiger partial charge in [0.05, 0.1) is 0 Å². The number of hydrogen-bond acceptors (Lipinski definition) is 4. The van der Waals surface area contributed by atoms with Crippen molar-refractivity contribution in [3.8, 4) is 0 Å². The van der Waals surface area contributed by atoms with Crippen LogP contribution < -0.4 is 16.6 Å². The van der Waals surface area contributed by atoms with E-state index in [2.05, 4.69) is 17.4 Å². The number of hydrazine groups is 1. The molecule has 0 saturated heterocycles. The molecule has 0 bridgehead atoms. The largest absolute Gasteiger partial charge is 0.443 e. The lowest BCUT2D eigenvalue weighted by atomic mass is 10.2. The van der Waals surface area contributed by atoms with Gasteiger partial charge in [0, 0.05) is 12.2 Å². The van der Waals surface area contributed by atoms with Gasteiger partial charge in [0.25, 0.3) is 0 Å². The summed E-state index contributed by atoms with van der Waals surface area (Å²) in [5, 5.41) is 0. The average molecular weight is 221 g/mol. The predicted octanol–water partition coefficient (Wildman–Crippen LogP) is 0.890. The SMILES string of the molecule is C=C(CN)NNC(=O)OCc1ccccc1. The first-order valence-electron chi connectivity index (χ1n) is 4.83. The van der Waals surface area contributed by atoms with E-state index in [1.807, 2.05) is 30.3 Å². The summed E-state index contributed by atoms with van der Waals surface area (Å²) in [5.41, 5.74) is 11.5. The molecule has 16 heavy (non-hydrogen) atoms. The third-order valence-corrected chi connectivity index (χ3v) is 1.80. The number of ether oxygens (including phenoxy) is 1. The van der Waals surface area contributed by atoms with E-state index in [4.69, 9.17) is 10.5 Å². The van der Waals surface area contributed by atoms with Gasteiger partial charge in [-0.1, -0.05) is 36.9 Å². The van der Waals surface area contributed by atoms with Gasteiger partial charge in [-0.05, 0) is 5.56 Å². The van der Waals surface area contributed by atoms with Crippen LogP contribution in [0.25, 0.3) is 0 Å². The Hall–Kier alpha value is -2.01. The molecule has 1 amide bonds. The molecule has 0 fully saturated rings. The van der Waals surface area contributed by atoms with Crippen LogP contribution in [0.15, 0.2) is 42.6 Å². The summed E-state index contributed by atoms with van der Waals surface area (Å²) in [7, 11) is 0. The molecule has 5 heteroatoms. The van der Waals surface area contributed by atoms with Gasteiger partial charge < -0.3 is 10.5 Å². The molecular weight excluding hydrogens is 206 g/mol. The summed E-state index contributed by atoms with van der Waals surface area (Å²) in [5.74, 6) is 0. The second kappa shape index (κ2) is 6.47. The van der Waals surface area contributed by atoms with Gasteiger partial charge in [0.2, 0.25) is 0 Å². The van der Waals surface area contributed by atoms with Crippen molar-refractivity contribution in [2.75, 3.05) is 6.54 Å². The van der Waals surface area contributed by atoms with E-state index in [0.717, 1.165) is 5.56 Å². The summed E-state index contributed by atoms with van der Waals surface area (Å²) >= 11 is 0. The summed E-state index contributed by atoms with van der Waals surface area (Å²) in [4.78, 5) is 11.2. The molecule has 4 N–H and O–H groups in total. The minimum absolute atomic E-state index is 0.226. The summed E-state index contributed by atoms with van der Waals surface area (Å²) in [6.07, 6.45) is -0.571. The third-order valence-electron chi connectivity index (χ3n) is 1.80. The number of carbonyl (C=O) groups is 1. The fourth-order valence-electron chi connectivity index (χ4n) is 0.950. The lowest BCUT2D eigenvalue weighted by molar-refractivity contribution is 0.136. The van der Waals surface area contributed by atoms with Gasteiger partial charge in [-0.3, -0.25) is 5.43 Å². The molecule has 0 aliphatic carbocycles. The summed E-state index contributed by atoms with van der Waals surface area (Å²) in [6.45, 7) is 4.03. The molecule has 0 aromatic heterocycles. The van der Waals surface area contributed by atoms with Crippen LogP contribution in [-0.4, -0.2) is 12.6 Å². The van der Waals surface area contributed by atoms with Gasteiger partial charge in [0.15, 0.2) is 0 Å². The highest BCUT2D eigenvalue weighted by atomic mass is 16.6. The maximum absolute atomic E-state index is 11.2. The van der Waals surface area contributed by atoms with E-state index in [-0.39, 0.29) is 13.2 Å². The van der Waals surface area contributed by atoms with Crippen LogP contribution in [0.4, 0.5) is 4.79 Å². The first-order chi connectivity index (χ1) is 7.72. The topological polar surface area (TPSA) is 76.4 Å². The molecule has 0 atom stereocenters. The van der Waals surface area contributed by atoms with E-state index < -0.39 is 6.09 Å². The maximum atomic E-state index is 11.2. The van der Waals surface area contributed by atoms with Gasteiger partial charge in [-0.25, -0.2) is 10.2 Å². The zero-order chi connectivity index (χ0) is 11.8. The Labute approximate surface area is 94.3 Å². The fraction of sp³-hybridized carbons (Fsp3) is 0.182. The highest BCUT2D eigenvalue weighted by Crippen LogP contribution is 2.00. The molecule has 0 saturated carbocycles. The quantitative estimate of drug-likeness (QED) is 0.645. The molecule has 0 aliphatic rings. The van der Waals surface area contributed by atoms with Crippen molar-refractivity contribution < 1.29 is 9.53 Å². The fourth-order valence-corrected chi connectivity index (χ4v) is 0.950. The molecule has 0 spiro atoms. The summed E-state index contributed by atoms with van der Waals surface area (Å²) in [6, 6.07) is 9.41. The predicted molar refractivity (Wildman–Crippen MR) is 61.1 cm³/mol. The number of carbonyl (C=O) groups excluding carboxylic acids is 1. The second-order valence-electron chi connectivity index (χ2n) is 3.12. The minimum atomic E-state index is -0.571. The van der Waals surface area contributed by atoms with E-state index in [1.165, 1.54) is 0 Å². The Bertz CT molecular complexity index is 352. The number of rotatable bonds is 5. The number of hydrogen-bond donors (Lipinski definition) is 3. The van der Waals surface area contributed by atoms with Crippen LogP contribution >= 0.6 is 0 Å². The van der Waals surface area contributed by atoms with Crippen molar-refractivity contribution in [2.45, 2.75) is 6.61 Å². The summed E-state index contributed by atoms with van der Waals surface area (Å²) < 4.78 is 4.93.